The Labute approximate surface area is 163 Å². The normalized spacial score (nSPS) is 22.6. The van der Waals surface area contributed by atoms with E-state index < -0.39 is 0 Å². The summed E-state index contributed by atoms with van der Waals surface area (Å²) >= 11 is 0. The number of para-hydroxylation sites is 1. The first-order valence-electron chi connectivity index (χ1n) is 10.2. The minimum Gasteiger partial charge on any atom is -0.487 e. The van der Waals surface area contributed by atoms with Crippen molar-refractivity contribution in [1.29, 1.82) is 0 Å². The van der Waals surface area contributed by atoms with Crippen LogP contribution in [0.3, 0.4) is 0 Å². The highest BCUT2D eigenvalue weighted by Crippen LogP contribution is 2.39. The van der Waals surface area contributed by atoms with Crippen LogP contribution < -0.4 is 15.4 Å². The number of hydrogen-bond acceptors (Lipinski definition) is 4. The number of aliphatic imine (C=N–C) groups is 1. The number of morpholine rings is 1. The van der Waals surface area contributed by atoms with Gasteiger partial charge in [-0.2, -0.15) is 0 Å². The Bertz CT molecular complexity index is 626. The van der Waals surface area contributed by atoms with E-state index in [-0.39, 0.29) is 11.6 Å². The van der Waals surface area contributed by atoms with Gasteiger partial charge in [0.15, 0.2) is 5.96 Å². The SMILES string of the molecule is CCNC(=NCCCN1CCOCC1)NC1CC(C)(C)Oc2ccccc21. The summed E-state index contributed by atoms with van der Waals surface area (Å²) in [5, 5.41) is 7.02. The molecule has 1 saturated heterocycles. The molecule has 2 aliphatic rings. The van der Waals surface area contributed by atoms with E-state index in [0.717, 1.165) is 70.5 Å². The van der Waals surface area contributed by atoms with Gasteiger partial charge >= 0.3 is 0 Å². The van der Waals surface area contributed by atoms with Crippen molar-refractivity contribution in [3.05, 3.63) is 29.8 Å². The number of hydrogen-bond donors (Lipinski definition) is 2. The van der Waals surface area contributed by atoms with Crippen LogP contribution in [-0.2, 0) is 4.74 Å². The predicted molar refractivity (Wildman–Crippen MR) is 109 cm³/mol. The van der Waals surface area contributed by atoms with Crippen molar-refractivity contribution >= 4 is 5.96 Å². The number of rotatable bonds is 6. The third kappa shape index (κ3) is 5.84. The lowest BCUT2D eigenvalue weighted by atomic mass is 9.90. The molecular weight excluding hydrogens is 340 g/mol. The second kappa shape index (κ2) is 9.42. The Morgan fingerprint density at radius 1 is 1.26 bits per heavy atom. The van der Waals surface area contributed by atoms with Crippen LogP contribution in [0.5, 0.6) is 5.75 Å². The molecule has 0 saturated carbocycles. The number of ether oxygens (including phenoxy) is 2. The topological polar surface area (TPSA) is 58.1 Å². The number of nitrogens with zero attached hydrogens (tertiary/aromatic N) is 2. The standard InChI is InChI=1S/C21H34N4O2/c1-4-22-20(23-10-7-11-25-12-14-26-15-13-25)24-18-16-21(2,3)27-19-9-6-5-8-17(18)19/h5-6,8-9,18H,4,7,10-16H2,1-3H3,(H2,22,23,24). The summed E-state index contributed by atoms with van der Waals surface area (Å²) in [5.41, 5.74) is 1.01. The maximum absolute atomic E-state index is 6.14. The molecule has 6 nitrogen and oxygen atoms in total. The van der Waals surface area contributed by atoms with E-state index >= 15 is 0 Å². The highest BCUT2D eigenvalue weighted by atomic mass is 16.5. The van der Waals surface area contributed by atoms with Crippen molar-refractivity contribution in [3.63, 3.8) is 0 Å². The molecule has 0 radical (unpaired) electrons. The molecule has 1 fully saturated rings. The molecule has 1 atom stereocenters. The van der Waals surface area contributed by atoms with E-state index in [4.69, 9.17) is 14.5 Å². The molecule has 3 rings (SSSR count). The summed E-state index contributed by atoms with van der Waals surface area (Å²) in [7, 11) is 0. The monoisotopic (exact) mass is 374 g/mol. The molecule has 1 unspecified atom stereocenters. The zero-order chi connectivity index (χ0) is 19.1. The van der Waals surface area contributed by atoms with E-state index in [1.807, 2.05) is 6.07 Å². The van der Waals surface area contributed by atoms with Gasteiger partial charge in [0, 0.05) is 44.7 Å². The maximum atomic E-state index is 6.14. The summed E-state index contributed by atoms with van der Waals surface area (Å²) in [6.07, 6.45) is 1.97. The van der Waals surface area contributed by atoms with Crippen molar-refractivity contribution in [2.75, 3.05) is 45.9 Å². The van der Waals surface area contributed by atoms with Crippen molar-refractivity contribution in [1.82, 2.24) is 15.5 Å². The van der Waals surface area contributed by atoms with Gasteiger partial charge in [0.25, 0.3) is 0 Å². The lowest BCUT2D eigenvalue weighted by Crippen LogP contribution is -2.45. The molecule has 150 valence electrons. The third-order valence-corrected chi connectivity index (χ3v) is 5.04. The molecule has 27 heavy (non-hydrogen) atoms. The quantitative estimate of drug-likeness (QED) is 0.455. The molecule has 0 amide bonds. The second-order valence-electron chi connectivity index (χ2n) is 7.87. The summed E-state index contributed by atoms with van der Waals surface area (Å²) in [4.78, 5) is 7.26. The molecule has 0 aliphatic carbocycles. The Morgan fingerprint density at radius 3 is 2.81 bits per heavy atom. The van der Waals surface area contributed by atoms with Gasteiger partial charge in [0.2, 0.25) is 0 Å². The van der Waals surface area contributed by atoms with Crippen molar-refractivity contribution in [2.45, 2.75) is 45.3 Å². The summed E-state index contributed by atoms with van der Waals surface area (Å²) < 4.78 is 11.5. The molecule has 2 N–H and O–H groups in total. The predicted octanol–water partition coefficient (Wildman–Crippen LogP) is 2.57. The molecule has 0 bridgehead atoms. The van der Waals surface area contributed by atoms with Crippen molar-refractivity contribution in [2.24, 2.45) is 4.99 Å². The van der Waals surface area contributed by atoms with Gasteiger partial charge in [-0.15, -0.1) is 0 Å². The van der Waals surface area contributed by atoms with Gasteiger partial charge in [0.1, 0.15) is 11.4 Å². The molecule has 2 heterocycles. The Balaban J connectivity index is 1.59. The van der Waals surface area contributed by atoms with Crippen molar-refractivity contribution in [3.8, 4) is 5.75 Å². The molecule has 1 aromatic carbocycles. The lowest BCUT2D eigenvalue weighted by molar-refractivity contribution is 0.0377. The lowest BCUT2D eigenvalue weighted by Gasteiger charge is -2.38. The average molecular weight is 375 g/mol. The highest BCUT2D eigenvalue weighted by Gasteiger charge is 2.33. The Morgan fingerprint density at radius 2 is 2.04 bits per heavy atom. The molecule has 2 aliphatic heterocycles. The van der Waals surface area contributed by atoms with Gasteiger partial charge in [-0.1, -0.05) is 18.2 Å². The number of benzene rings is 1. The fourth-order valence-corrected chi connectivity index (χ4v) is 3.73. The maximum Gasteiger partial charge on any atom is 0.191 e. The fraction of sp³-hybridized carbons (Fsp3) is 0.667. The van der Waals surface area contributed by atoms with Crippen molar-refractivity contribution < 1.29 is 9.47 Å². The average Bonchev–Trinajstić information content (AvgIpc) is 2.65. The van der Waals surface area contributed by atoms with Gasteiger partial charge in [-0.05, 0) is 33.3 Å². The van der Waals surface area contributed by atoms with Crippen LogP contribution >= 0.6 is 0 Å². The summed E-state index contributed by atoms with van der Waals surface area (Å²) in [6, 6.07) is 8.49. The van der Waals surface area contributed by atoms with Crippen LogP contribution in [0.15, 0.2) is 29.3 Å². The van der Waals surface area contributed by atoms with Gasteiger partial charge in [0.05, 0.1) is 19.3 Å². The first-order chi connectivity index (χ1) is 13.1. The molecule has 1 aromatic rings. The third-order valence-electron chi connectivity index (χ3n) is 5.04. The Kier molecular flexibility index (Phi) is 6.96. The smallest absolute Gasteiger partial charge is 0.191 e. The minimum absolute atomic E-state index is 0.195. The highest BCUT2D eigenvalue weighted by molar-refractivity contribution is 5.80. The van der Waals surface area contributed by atoms with Crippen LogP contribution in [-0.4, -0.2) is 62.4 Å². The Hall–Kier alpha value is -1.79. The largest absolute Gasteiger partial charge is 0.487 e. The van der Waals surface area contributed by atoms with Gasteiger partial charge < -0.3 is 20.1 Å². The minimum atomic E-state index is -0.195. The number of nitrogens with one attached hydrogen (secondary N) is 2. The van der Waals surface area contributed by atoms with Crippen LogP contribution in [0.1, 0.15) is 45.2 Å². The van der Waals surface area contributed by atoms with Crippen LogP contribution in [0.2, 0.25) is 0 Å². The van der Waals surface area contributed by atoms with Crippen LogP contribution in [0.25, 0.3) is 0 Å². The first-order valence-corrected chi connectivity index (χ1v) is 10.2. The number of guanidine groups is 1. The van der Waals surface area contributed by atoms with E-state index in [1.165, 1.54) is 5.56 Å². The van der Waals surface area contributed by atoms with E-state index in [9.17, 15) is 0 Å². The fourth-order valence-electron chi connectivity index (χ4n) is 3.73. The van der Waals surface area contributed by atoms with E-state index in [0.29, 0.717) is 0 Å². The van der Waals surface area contributed by atoms with Gasteiger partial charge in [-0.3, -0.25) is 9.89 Å². The first kappa shape index (κ1) is 20.0. The zero-order valence-corrected chi connectivity index (χ0v) is 17.0. The summed E-state index contributed by atoms with van der Waals surface area (Å²) in [5.74, 6) is 1.85. The number of fused-ring (bicyclic) bond motifs is 1. The molecular formula is C21H34N4O2. The molecule has 0 spiro atoms. The summed E-state index contributed by atoms with van der Waals surface area (Å²) in [6.45, 7) is 12.9. The van der Waals surface area contributed by atoms with Crippen LogP contribution in [0, 0.1) is 0 Å². The molecule has 0 aromatic heterocycles. The van der Waals surface area contributed by atoms with E-state index in [1.54, 1.807) is 0 Å². The van der Waals surface area contributed by atoms with Gasteiger partial charge in [-0.25, -0.2) is 0 Å². The second-order valence-corrected chi connectivity index (χ2v) is 7.87. The van der Waals surface area contributed by atoms with E-state index in [2.05, 4.69) is 54.5 Å². The van der Waals surface area contributed by atoms with Crippen LogP contribution in [0.4, 0.5) is 0 Å². The molecule has 6 heteroatoms. The zero-order valence-electron chi connectivity index (χ0n) is 17.0.